The van der Waals surface area contributed by atoms with Gasteiger partial charge in [0.15, 0.2) is 12.6 Å². The van der Waals surface area contributed by atoms with Gasteiger partial charge in [-0.15, -0.1) is 0 Å². The maximum Gasteiger partial charge on any atom is 0.336 e. The largest absolute Gasteiger partial charge is 0.462 e. The summed E-state index contributed by atoms with van der Waals surface area (Å²) in [5.41, 5.74) is 0.275. The lowest BCUT2D eigenvalue weighted by Crippen LogP contribution is -2.63. The van der Waals surface area contributed by atoms with Crippen LogP contribution in [0.25, 0.3) is 11.0 Å². The minimum Gasteiger partial charge on any atom is -0.462 e. The molecule has 0 aliphatic carbocycles. The number of aryl methyl sites for hydroxylation is 1. The van der Waals surface area contributed by atoms with Crippen LogP contribution in [0.15, 0.2) is 33.5 Å². The molecule has 15 atom stereocenters. The van der Waals surface area contributed by atoms with E-state index in [0.29, 0.717) is 10.9 Å². The van der Waals surface area contributed by atoms with Crippen LogP contribution in [-0.2, 0) is 23.7 Å². The van der Waals surface area contributed by atoms with E-state index < -0.39 is 118 Å². The summed E-state index contributed by atoms with van der Waals surface area (Å²) in [7, 11) is 0. The smallest absolute Gasteiger partial charge is 0.336 e. The lowest BCUT2D eigenvalue weighted by Gasteiger charge is -2.43. The van der Waals surface area contributed by atoms with E-state index in [-0.39, 0.29) is 11.3 Å². The summed E-state index contributed by atoms with van der Waals surface area (Å²) in [5.74, 6) is 0.0962. The van der Waals surface area contributed by atoms with Gasteiger partial charge in [0.2, 0.25) is 6.29 Å². The summed E-state index contributed by atoms with van der Waals surface area (Å²) in [4.78, 5) is 11.8. The quantitative estimate of drug-likeness (QED) is 0.112. The zero-order valence-electron chi connectivity index (χ0n) is 24.3. The molecule has 18 nitrogen and oxygen atoms in total. The van der Waals surface area contributed by atoms with Crippen LogP contribution in [0.3, 0.4) is 0 Å². The van der Waals surface area contributed by atoms with Crippen molar-refractivity contribution in [3.8, 4) is 5.75 Å². The van der Waals surface area contributed by atoms with Gasteiger partial charge in [-0.1, -0.05) is 0 Å². The van der Waals surface area contributed by atoms with Gasteiger partial charge in [0.1, 0.15) is 84.6 Å². The fourth-order valence-corrected chi connectivity index (χ4v) is 5.44. The fraction of sp³-hybridized carbons (Fsp3) is 0.679. The first kappa shape index (κ1) is 35.0. The van der Waals surface area contributed by atoms with Crippen molar-refractivity contribution in [1.82, 2.24) is 0 Å². The number of aliphatic hydroxyl groups is 10. The molecule has 1 aromatic carbocycles. The number of aliphatic hydroxyl groups excluding tert-OH is 10. The second-order valence-corrected chi connectivity index (χ2v) is 11.4. The molecule has 18 heteroatoms. The molecule has 1 unspecified atom stereocenters. The lowest BCUT2D eigenvalue weighted by atomic mass is 9.98. The van der Waals surface area contributed by atoms with E-state index in [9.17, 15) is 55.9 Å². The molecule has 0 amide bonds. The molecule has 2 aromatic rings. The predicted octanol–water partition coefficient (Wildman–Crippen LogP) is -5.07. The van der Waals surface area contributed by atoms with Crippen LogP contribution in [0.5, 0.6) is 5.75 Å². The zero-order chi connectivity index (χ0) is 33.4. The van der Waals surface area contributed by atoms with Gasteiger partial charge in [0.05, 0.1) is 19.8 Å². The van der Waals surface area contributed by atoms with Crippen molar-refractivity contribution in [1.29, 1.82) is 0 Å². The Labute approximate surface area is 260 Å². The van der Waals surface area contributed by atoms with E-state index in [4.69, 9.17) is 32.8 Å². The van der Waals surface area contributed by atoms with Crippen LogP contribution in [0.2, 0.25) is 0 Å². The van der Waals surface area contributed by atoms with Crippen molar-refractivity contribution in [3.63, 3.8) is 0 Å². The van der Waals surface area contributed by atoms with Crippen molar-refractivity contribution in [2.45, 2.75) is 99.0 Å². The first-order valence-corrected chi connectivity index (χ1v) is 14.4. The van der Waals surface area contributed by atoms with E-state index in [1.54, 1.807) is 13.0 Å². The van der Waals surface area contributed by atoms with Gasteiger partial charge in [-0.05, 0) is 24.6 Å². The van der Waals surface area contributed by atoms with Crippen molar-refractivity contribution < 1.29 is 83.9 Å². The van der Waals surface area contributed by atoms with Crippen LogP contribution in [0.1, 0.15) is 5.56 Å². The Morgan fingerprint density at radius 2 is 1.11 bits per heavy atom. The highest BCUT2D eigenvalue weighted by atomic mass is 16.7. The number of benzene rings is 1. The van der Waals surface area contributed by atoms with E-state index in [1.807, 2.05) is 0 Å². The number of hydrogen-bond acceptors (Lipinski definition) is 18. The molecule has 3 aliphatic heterocycles. The van der Waals surface area contributed by atoms with Crippen molar-refractivity contribution >= 4 is 11.0 Å². The SMILES string of the molecule is Cc1cc(=O)oc2cc(O[C@@H]3O[C@H](CO[C@@H]4O[C@H](COC5O[C@H](CO)[C@@H](O)[C@H](O)[C@H]5O)[C@@H](O)[C@H](O)[C@H]4O)[C@@H](O)[C@H](O)[C@H]3O)ccc12. The lowest BCUT2D eigenvalue weighted by molar-refractivity contribution is -0.339. The summed E-state index contributed by atoms with van der Waals surface area (Å²) < 4.78 is 38.2. The molecule has 3 saturated heterocycles. The fourth-order valence-electron chi connectivity index (χ4n) is 5.44. The molecule has 3 fully saturated rings. The van der Waals surface area contributed by atoms with Crippen LogP contribution in [-0.4, -0.2) is 163 Å². The first-order chi connectivity index (χ1) is 21.8. The molecule has 258 valence electrons. The molecule has 46 heavy (non-hydrogen) atoms. The van der Waals surface area contributed by atoms with E-state index >= 15 is 0 Å². The molecule has 1 aromatic heterocycles. The molecule has 0 bridgehead atoms. The van der Waals surface area contributed by atoms with Crippen LogP contribution in [0.4, 0.5) is 0 Å². The van der Waals surface area contributed by atoms with Gasteiger partial charge in [-0.2, -0.15) is 0 Å². The maximum absolute atomic E-state index is 11.8. The highest BCUT2D eigenvalue weighted by Crippen LogP contribution is 2.30. The highest BCUT2D eigenvalue weighted by molar-refractivity contribution is 5.81. The molecule has 10 N–H and O–H groups in total. The Hall–Kier alpha value is -2.37. The first-order valence-electron chi connectivity index (χ1n) is 14.4. The molecule has 0 radical (unpaired) electrons. The summed E-state index contributed by atoms with van der Waals surface area (Å²) >= 11 is 0. The number of ether oxygens (including phenoxy) is 6. The van der Waals surface area contributed by atoms with Crippen LogP contribution >= 0.6 is 0 Å². The summed E-state index contributed by atoms with van der Waals surface area (Å²) in [5, 5.41) is 103. The number of rotatable bonds is 9. The van der Waals surface area contributed by atoms with E-state index in [2.05, 4.69) is 0 Å². The normalized spacial score (nSPS) is 41.8. The molecule has 0 spiro atoms. The van der Waals surface area contributed by atoms with Gasteiger partial charge in [-0.25, -0.2) is 4.79 Å². The average Bonchev–Trinajstić information content (AvgIpc) is 3.03. The van der Waals surface area contributed by atoms with Gasteiger partial charge in [0.25, 0.3) is 0 Å². The summed E-state index contributed by atoms with van der Waals surface area (Å²) in [6.07, 6.45) is -24.6. The molecule has 4 heterocycles. The third kappa shape index (κ3) is 7.06. The third-order valence-corrected chi connectivity index (χ3v) is 8.21. The van der Waals surface area contributed by atoms with Gasteiger partial charge >= 0.3 is 5.63 Å². The minimum atomic E-state index is -1.83. The van der Waals surface area contributed by atoms with Gasteiger partial charge in [0, 0.05) is 17.5 Å². The Kier molecular flexibility index (Phi) is 10.9. The Morgan fingerprint density at radius 3 is 1.65 bits per heavy atom. The molecule has 0 saturated carbocycles. The second-order valence-electron chi connectivity index (χ2n) is 11.4. The van der Waals surface area contributed by atoms with Crippen molar-refractivity contribution in [3.05, 3.63) is 40.2 Å². The predicted molar refractivity (Wildman–Crippen MR) is 147 cm³/mol. The van der Waals surface area contributed by atoms with Crippen molar-refractivity contribution in [2.75, 3.05) is 19.8 Å². The van der Waals surface area contributed by atoms with Gasteiger partial charge in [-0.3, -0.25) is 0 Å². The standard InChI is InChI=1S/C28H38O18/c1-9-4-16(30)43-12-5-10(2-3-11(9)12)42-28-25(39)22(36)19(33)15(46-28)8-41-27-24(38)21(35)18(32)14(45-27)7-40-26-23(37)20(34)17(31)13(6-29)44-26/h2-5,13-15,17-29,31-39H,6-8H2,1H3/t13-,14-,15-,17-,18-,19-,20+,21+,22+,23-,24-,25-,26?,27-,28-/m1/s1. The zero-order valence-corrected chi connectivity index (χ0v) is 24.3. The molecular formula is C28H38O18. The van der Waals surface area contributed by atoms with Gasteiger partial charge < -0.3 is 83.9 Å². The molecular weight excluding hydrogens is 624 g/mol. The van der Waals surface area contributed by atoms with E-state index in [1.165, 1.54) is 18.2 Å². The Balaban J connectivity index is 1.21. The topological polar surface area (TPSA) is 288 Å². The summed E-state index contributed by atoms with van der Waals surface area (Å²) in [6, 6.07) is 5.83. The molecule has 3 aliphatic rings. The number of hydrogen-bond donors (Lipinski definition) is 10. The van der Waals surface area contributed by atoms with Crippen LogP contribution < -0.4 is 10.4 Å². The molecule has 5 rings (SSSR count). The van der Waals surface area contributed by atoms with Crippen molar-refractivity contribution in [2.24, 2.45) is 0 Å². The maximum atomic E-state index is 11.8. The average molecular weight is 663 g/mol. The number of fused-ring (bicyclic) bond motifs is 1. The Bertz CT molecular complexity index is 1370. The summed E-state index contributed by atoms with van der Waals surface area (Å²) in [6.45, 7) is -0.178. The monoisotopic (exact) mass is 662 g/mol. The second kappa shape index (κ2) is 14.4. The highest BCUT2D eigenvalue weighted by Gasteiger charge is 2.49. The third-order valence-electron chi connectivity index (χ3n) is 8.21. The van der Waals surface area contributed by atoms with Crippen LogP contribution in [0, 0.1) is 6.92 Å². The Morgan fingerprint density at radius 1 is 0.630 bits per heavy atom. The van der Waals surface area contributed by atoms with E-state index in [0.717, 1.165) is 0 Å². The minimum absolute atomic E-state index is 0.0962.